The van der Waals surface area contributed by atoms with E-state index in [4.69, 9.17) is 10.5 Å². The predicted octanol–water partition coefficient (Wildman–Crippen LogP) is 1.23. The lowest BCUT2D eigenvalue weighted by atomic mass is 9.98. The highest BCUT2D eigenvalue weighted by atomic mass is 16.5. The molecule has 0 bridgehead atoms. The fourth-order valence-corrected chi connectivity index (χ4v) is 3.79. The van der Waals surface area contributed by atoms with Crippen molar-refractivity contribution in [3.05, 3.63) is 35.9 Å². The molecule has 1 aromatic carbocycles. The fourth-order valence-electron chi connectivity index (χ4n) is 3.79. The molecule has 1 saturated carbocycles. The van der Waals surface area contributed by atoms with Crippen molar-refractivity contribution in [2.45, 2.75) is 31.6 Å². The lowest BCUT2D eigenvalue weighted by Gasteiger charge is -2.21. The first-order chi connectivity index (χ1) is 10.2. The molecule has 1 saturated heterocycles. The number of nitrogens with zero attached hydrogens (tertiary/aromatic N) is 1. The second-order valence-electron chi connectivity index (χ2n) is 6.54. The van der Waals surface area contributed by atoms with Gasteiger partial charge >= 0.3 is 0 Å². The Morgan fingerprint density at radius 1 is 1.24 bits per heavy atom. The number of hydrogen-bond acceptors (Lipinski definition) is 4. The molecule has 4 unspecified atom stereocenters. The summed E-state index contributed by atoms with van der Waals surface area (Å²) in [6.07, 6.45) is 2.01. The number of β-amino-alcohol motifs (C(OH)–C–C–N with tert-alkyl or cyclic N) is 1. The topological polar surface area (TPSA) is 58.7 Å². The van der Waals surface area contributed by atoms with Gasteiger partial charge in [0.05, 0.1) is 19.3 Å². The third-order valence-corrected chi connectivity index (χ3v) is 4.88. The van der Waals surface area contributed by atoms with Gasteiger partial charge in [0.25, 0.3) is 0 Å². The van der Waals surface area contributed by atoms with Crippen LogP contribution in [0.5, 0.6) is 0 Å². The zero-order valence-electron chi connectivity index (χ0n) is 12.5. The fraction of sp³-hybridized carbons (Fsp3) is 0.647. The maximum absolute atomic E-state index is 10.1. The highest BCUT2D eigenvalue weighted by Gasteiger charge is 2.41. The quantitative estimate of drug-likeness (QED) is 0.827. The van der Waals surface area contributed by atoms with Gasteiger partial charge in [-0.2, -0.15) is 0 Å². The van der Waals surface area contributed by atoms with Gasteiger partial charge in [-0.05, 0) is 30.2 Å². The van der Waals surface area contributed by atoms with Crippen LogP contribution < -0.4 is 5.73 Å². The Hall–Kier alpha value is -0.940. The summed E-state index contributed by atoms with van der Waals surface area (Å²) in [6, 6.07) is 10.4. The summed E-state index contributed by atoms with van der Waals surface area (Å²) in [5, 5.41) is 10.1. The molecule has 1 aliphatic heterocycles. The van der Waals surface area contributed by atoms with E-state index >= 15 is 0 Å². The van der Waals surface area contributed by atoms with Crippen LogP contribution in [0.3, 0.4) is 0 Å². The highest BCUT2D eigenvalue weighted by Crippen LogP contribution is 2.36. The first-order valence-electron chi connectivity index (χ1n) is 8.00. The Kier molecular flexibility index (Phi) is 4.91. The van der Waals surface area contributed by atoms with Crippen LogP contribution in [0.25, 0.3) is 0 Å². The van der Waals surface area contributed by atoms with Crippen LogP contribution in [0.2, 0.25) is 0 Å². The van der Waals surface area contributed by atoms with Gasteiger partial charge in [-0.3, -0.25) is 0 Å². The number of ether oxygens (including phenoxy) is 1. The number of aliphatic hydroxyl groups excluding tert-OH is 1. The van der Waals surface area contributed by atoms with E-state index < -0.39 is 6.10 Å². The Morgan fingerprint density at radius 2 is 2.05 bits per heavy atom. The lowest BCUT2D eigenvalue weighted by Crippen LogP contribution is -2.36. The van der Waals surface area contributed by atoms with E-state index in [1.54, 1.807) is 0 Å². The lowest BCUT2D eigenvalue weighted by molar-refractivity contribution is 0.0122. The summed E-state index contributed by atoms with van der Waals surface area (Å²) in [7, 11) is 0. The van der Waals surface area contributed by atoms with Crippen molar-refractivity contribution in [1.82, 2.24) is 4.90 Å². The Labute approximate surface area is 126 Å². The maximum atomic E-state index is 10.1. The molecule has 4 atom stereocenters. The zero-order valence-corrected chi connectivity index (χ0v) is 12.5. The van der Waals surface area contributed by atoms with Crippen molar-refractivity contribution in [1.29, 1.82) is 0 Å². The minimum atomic E-state index is -0.413. The van der Waals surface area contributed by atoms with Crippen LogP contribution in [0.15, 0.2) is 30.3 Å². The molecule has 0 aromatic heterocycles. The van der Waals surface area contributed by atoms with Crippen molar-refractivity contribution in [3.8, 4) is 0 Å². The largest absolute Gasteiger partial charge is 0.389 e. The van der Waals surface area contributed by atoms with E-state index in [-0.39, 0.29) is 0 Å². The molecule has 4 heteroatoms. The highest BCUT2D eigenvalue weighted by molar-refractivity contribution is 5.13. The van der Waals surface area contributed by atoms with Crippen molar-refractivity contribution >= 4 is 0 Å². The zero-order chi connectivity index (χ0) is 14.7. The van der Waals surface area contributed by atoms with Crippen LogP contribution in [0.1, 0.15) is 18.4 Å². The van der Waals surface area contributed by atoms with Gasteiger partial charge in [0.2, 0.25) is 0 Å². The van der Waals surface area contributed by atoms with E-state index in [2.05, 4.69) is 4.90 Å². The summed E-state index contributed by atoms with van der Waals surface area (Å²) in [4.78, 5) is 2.35. The summed E-state index contributed by atoms with van der Waals surface area (Å²) in [5.74, 6) is 1.39. The first-order valence-corrected chi connectivity index (χ1v) is 8.00. The molecule has 0 amide bonds. The van der Waals surface area contributed by atoms with E-state index in [9.17, 15) is 5.11 Å². The monoisotopic (exact) mass is 290 g/mol. The molecular weight excluding hydrogens is 264 g/mol. The molecule has 1 heterocycles. The summed E-state index contributed by atoms with van der Waals surface area (Å²) in [6.45, 7) is 3.80. The van der Waals surface area contributed by atoms with E-state index in [0.717, 1.165) is 24.6 Å². The van der Waals surface area contributed by atoms with Crippen LogP contribution in [-0.2, 0) is 11.3 Å². The summed E-state index contributed by atoms with van der Waals surface area (Å²) >= 11 is 0. The molecule has 1 aliphatic carbocycles. The molecule has 2 aliphatic rings. The van der Waals surface area contributed by atoms with Crippen molar-refractivity contribution in [2.24, 2.45) is 17.6 Å². The number of likely N-dealkylation sites (tertiary alicyclic amines) is 1. The Morgan fingerprint density at radius 3 is 2.81 bits per heavy atom. The van der Waals surface area contributed by atoms with E-state index in [0.29, 0.717) is 31.7 Å². The molecule has 0 spiro atoms. The second-order valence-corrected chi connectivity index (χ2v) is 6.54. The van der Waals surface area contributed by atoms with E-state index in [1.165, 1.54) is 12.8 Å². The van der Waals surface area contributed by atoms with Gasteiger partial charge < -0.3 is 20.5 Å². The van der Waals surface area contributed by atoms with Crippen molar-refractivity contribution < 1.29 is 9.84 Å². The van der Waals surface area contributed by atoms with Gasteiger partial charge in [0, 0.05) is 25.7 Å². The number of hydrogen-bond donors (Lipinski definition) is 2. The minimum Gasteiger partial charge on any atom is -0.389 e. The standard InChI is InChI=1S/C17H26N2O2/c18-17-7-6-14-8-19(10-16(14)17)9-15(20)12-21-11-13-4-2-1-3-5-13/h1-5,14-17,20H,6-12,18H2. The molecule has 4 nitrogen and oxygen atoms in total. The predicted molar refractivity (Wildman–Crippen MR) is 82.7 cm³/mol. The molecular formula is C17H26N2O2. The second kappa shape index (κ2) is 6.88. The van der Waals surface area contributed by atoms with E-state index in [1.807, 2.05) is 30.3 Å². The van der Waals surface area contributed by atoms with Gasteiger partial charge in [0.15, 0.2) is 0 Å². The van der Waals surface area contributed by atoms with Crippen LogP contribution in [-0.4, -0.2) is 48.4 Å². The van der Waals surface area contributed by atoms with Gasteiger partial charge in [-0.1, -0.05) is 30.3 Å². The van der Waals surface area contributed by atoms with Gasteiger partial charge in [-0.15, -0.1) is 0 Å². The van der Waals surface area contributed by atoms with Gasteiger partial charge in [0.1, 0.15) is 0 Å². The summed E-state index contributed by atoms with van der Waals surface area (Å²) in [5.41, 5.74) is 7.29. The third-order valence-electron chi connectivity index (χ3n) is 4.88. The third kappa shape index (κ3) is 3.83. The SMILES string of the molecule is NC1CCC2CN(CC(O)COCc3ccccc3)CC12. The minimum absolute atomic E-state index is 0.367. The smallest absolute Gasteiger partial charge is 0.0900 e. The maximum Gasteiger partial charge on any atom is 0.0900 e. The number of rotatable bonds is 6. The normalized spacial score (nSPS) is 30.5. The number of benzene rings is 1. The number of nitrogens with two attached hydrogens (primary N) is 1. The number of fused-ring (bicyclic) bond motifs is 1. The molecule has 116 valence electrons. The molecule has 3 N–H and O–H groups in total. The average molecular weight is 290 g/mol. The number of aliphatic hydroxyl groups is 1. The molecule has 21 heavy (non-hydrogen) atoms. The summed E-state index contributed by atoms with van der Waals surface area (Å²) < 4.78 is 5.61. The molecule has 3 rings (SSSR count). The van der Waals surface area contributed by atoms with Crippen LogP contribution >= 0.6 is 0 Å². The molecule has 0 radical (unpaired) electrons. The first kappa shape index (κ1) is 15.0. The van der Waals surface area contributed by atoms with Crippen molar-refractivity contribution in [3.63, 3.8) is 0 Å². The van der Waals surface area contributed by atoms with Gasteiger partial charge in [-0.25, -0.2) is 0 Å². The van der Waals surface area contributed by atoms with Crippen LogP contribution in [0, 0.1) is 11.8 Å². The van der Waals surface area contributed by atoms with Crippen LogP contribution in [0.4, 0.5) is 0 Å². The van der Waals surface area contributed by atoms with Crippen molar-refractivity contribution in [2.75, 3.05) is 26.2 Å². The Bertz CT molecular complexity index is 440. The molecule has 1 aromatic rings. The molecule has 2 fully saturated rings. The average Bonchev–Trinajstić information content (AvgIpc) is 3.02. The Balaban J connectivity index is 1.36.